The minimum atomic E-state index is -2.04. The highest BCUT2D eigenvalue weighted by Crippen LogP contribution is 2.28. The van der Waals surface area contributed by atoms with Crippen molar-refractivity contribution >= 4 is 44.6 Å². The van der Waals surface area contributed by atoms with Crippen molar-refractivity contribution in [2.75, 3.05) is 0 Å². The van der Waals surface area contributed by atoms with E-state index in [2.05, 4.69) is 26.2 Å². The average molecular weight is 484 g/mol. The highest BCUT2D eigenvalue weighted by molar-refractivity contribution is 9.10. The number of ether oxygens (including phenoxy) is 1. The fourth-order valence-electron chi connectivity index (χ4n) is 3.64. The average Bonchev–Trinajstić information content (AvgIpc) is 2.91. The smallest absolute Gasteiger partial charge is 0.342 e. The third-order valence-corrected chi connectivity index (χ3v) is 5.75. The van der Waals surface area contributed by atoms with Gasteiger partial charge in [-0.05, 0) is 36.6 Å². The van der Waals surface area contributed by atoms with Crippen LogP contribution >= 0.6 is 15.9 Å². The van der Waals surface area contributed by atoms with Gasteiger partial charge in [-0.1, -0.05) is 46.3 Å². The molecule has 2 aromatic carbocycles. The Morgan fingerprint density at radius 3 is 2.71 bits per heavy atom. The monoisotopic (exact) mass is 483 g/mol. The Kier molecular flexibility index (Phi) is 5.69. The summed E-state index contributed by atoms with van der Waals surface area (Å²) in [5.74, 6) is -2.32. The number of hydrogen-bond acceptors (Lipinski definition) is 6. The fourth-order valence-corrected chi connectivity index (χ4v) is 4.00. The molecule has 1 atom stereocenters. The molecule has 8 nitrogen and oxygen atoms in total. The second kappa shape index (κ2) is 8.43. The van der Waals surface area contributed by atoms with E-state index in [0.29, 0.717) is 9.99 Å². The van der Waals surface area contributed by atoms with Crippen LogP contribution in [0.15, 0.2) is 64.1 Å². The Morgan fingerprint density at radius 2 is 1.94 bits per heavy atom. The molecule has 1 aliphatic heterocycles. The summed E-state index contributed by atoms with van der Waals surface area (Å²) in [6.07, 6.45) is 1.37. The molecular weight excluding hydrogens is 466 g/mol. The topological polar surface area (TPSA) is 107 Å². The SMILES string of the molecule is O=C1CCCC(C(=O)OCc2ccccc2)(n2cnc3ccc(Br)cc3c2=O)C(=O)N1. The van der Waals surface area contributed by atoms with Crippen LogP contribution in [-0.4, -0.2) is 27.3 Å². The van der Waals surface area contributed by atoms with Gasteiger partial charge in [-0.2, -0.15) is 0 Å². The molecule has 0 bridgehead atoms. The Labute approximate surface area is 185 Å². The van der Waals surface area contributed by atoms with Crippen LogP contribution in [0.1, 0.15) is 24.8 Å². The lowest BCUT2D eigenvalue weighted by Crippen LogP contribution is -2.58. The van der Waals surface area contributed by atoms with Crippen LogP contribution in [0.3, 0.4) is 0 Å². The summed E-state index contributed by atoms with van der Waals surface area (Å²) in [7, 11) is 0. The van der Waals surface area contributed by atoms with Gasteiger partial charge in [0.25, 0.3) is 11.5 Å². The predicted octanol–water partition coefficient (Wildman–Crippen LogP) is 2.42. The molecule has 158 valence electrons. The lowest BCUT2D eigenvalue weighted by molar-refractivity contribution is -0.161. The minimum absolute atomic E-state index is 0.0563. The standard InChI is InChI=1S/C22H18BrN3O5/c23-15-8-9-17-16(11-15)19(28)26(13-24-17)22(10-4-7-18(27)25-20(22)29)21(30)31-12-14-5-2-1-3-6-14/h1-3,5-6,8-9,11,13H,4,7,10,12H2,(H,25,27,29). The number of rotatable bonds is 4. The zero-order valence-corrected chi connectivity index (χ0v) is 17.9. The lowest BCUT2D eigenvalue weighted by atomic mass is 9.91. The summed E-state index contributed by atoms with van der Waals surface area (Å²) in [5.41, 5.74) is -1.47. The van der Waals surface area contributed by atoms with Crippen molar-refractivity contribution in [3.8, 4) is 0 Å². The molecule has 9 heteroatoms. The number of aromatic nitrogens is 2. The van der Waals surface area contributed by atoms with Crippen LogP contribution < -0.4 is 10.9 Å². The van der Waals surface area contributed by atoms with Crippen LogP contribution in [0, 0.1) is 0 Å². The maximum Gasteiger partial charge on any atom is 0.342 e. The minimum Gasteiger partial charge on any atom is -0.459 e. The van der Waals surface area contributed by atoms with E-state index in [9.17, 15) is 19.2 Å². The zero-order valence-electron chi connectivity index (χ0n) is 16.3. The third-order valence-electron chi connectivity index (χ3n) is 5.25. The highest BCUT2D eigenvalue weighted by Gasteiger charge is 2.51. The van der Waals surface area contributed by atoms with Crippen LogP contribution in [-0.2, 0) is 31.3 Å². The summed E-state index contributed by atoms with van der Waals surface area (Å²) >= 11 is 3.32. The number of carbonyl (C=O) groups is 3. The number of esters is 1. The van der Waals surface area contributed by atoms with E-state index in [4.69, 9.17) is 4.74 Å². The van der Waals surface area contributed by atoms with Gasteiger partial charge in [-0.3, -0.25) is 24.3 Å². The molecule has 0 saturated carbocycles. The summed E-state index contributed by atoms with van der Waals surface area (Å²) in [6, 6.07) is 13.9. The Morgan fingerprint density at radius 1 is 1.16 bits per heavy atom. The first-order valence-corrected chi connectivity index (χ1v) is 10.4. The van der Waals surface area contributed by atoms with Gasteiger partial charge in [0.1, 0.15) is 6.61 Å². The molecule has 0 spiro atoms. The van der Waals surface area contributed by atoms with Crippen LogP contribution in [0.4, 0.5) is 0 Å². The largest absolute Gasteiger partial charge is 0.459 e. The van der Waals surface area contributed by atoms with Gasteiger partial charge in [0.05, 0.1) is 17.2 Å². The molecule has 0 aliphatic carbocycles. The van der Waals surface area contributed by atoms with E-state index in [-0.39, 0.29) is 31.3 Å². The maximum atomic E-state index is 13.3. The molecule has 2 amide bonds. The first-order valence-electron chi connectivity index (χ1n) is 9.64. The molecule has 0 radical (unpaired) electrons. The van der Waals surface area contributed by atoms with Crippen LogP contribution in [0.2, 0.25) is 0 Å². The number of nitrogens with one attached hydrogen (secondary N) is 1. The molecule has 1 unspecified atom stereocenters. The number of amides is 2. The molecule has 1 saturated heterocycles. The lowest BCUT2D eigenvalue weighted by Gasteiger charge is -2.30. The van der Waals surface area contributed by atoms with Crippen LogP contribution in [0.5, 0.6) is 0 Å². The summed E-state index contributed by atoms with van der Waals surface area (Å²) in [6.45, 7) is -0.0794. The Bertz CT molecular complexity index is 1240. The van der Waals surface area contributed by atoms with Gasteiger partial charge in [0.2, 0.25) is 11.4 Å². The highest BCUT2D eigenvalue weighted by atomic mass is 79.9. The Balaban J connectivity index is 1.83. The summed E-state index contributed by atoms with van der Waals surface area (Å²) in [5, 5.41) is 2.45. The van der Waals surface area contributed by atoms with E-state index < -0.39 is 28.9 Å². The molecule has 1 N–H and O–H groups in total. The van der Waals surface area contributed by atoms with Crippen molar-refractivity contribution in [3.05, 3.63) is 75.2 Å². The van der Waals surface area contributed by atoms with Gasteiger partial charge in [-0.15, -0.1) is 0 Å². The maximum absolute atomic E-state index is 13.3. The summed E-state index contributed by atoms with van der Waals surface area (Å²) < 4.78 is 7.11. The van der Waals surface area contributed by atoms with Gasteiger partial charge < -0.3 is 4.74 Å². The van der Waals surface area contributed by atoms with Crippen molar-refractivity contribution in [3.63, 3.8) is 0 Å². The molecule has 1 fully saturated rings. The van der Waals surface area contributed by atoms with Gasteiger partial charge in [0, 0.05) is 10.9 Å². The number of carbonyl (C=O) groups excluding carboxylic acids is 3. The summed E-state index contributed by atoms with van der Waals surface area (Å²) in [4.78, 5) is 56.0. The second-order valence-corrected chi connectivity index (χ2v) is 8.15. The fraction of sp³-hybridized carbons (Fsp3) is 0.227. The molecule has 1 aliphatic rings. The number of halogens is 1. The van der Waals surface area contributed by atoms with E-state index in [1.54, 1.807) is 42.5 Å². The van der Waals surface area contributed by atoms with E-state index >= 15 is 0 Å². The zero-order chi connectivity index (χ0) is 22.0. The number of hydrogen-bond donors (Lipinski definition) is 1. The normalized spacial score (nSPS) is 19.0. The molecule has 4 rings (SSSR count). The predicted molar refractivity (Wildman–Crippen MR) is 115 cm³/mol. The number of benzene rings is 2. The molecule has 3 aromatic rings. The first-order chi connectivity index (χ1) is 14.9. The van der Waals surface area contributed by atoms with E-state index in [1.807, 2.05) is 6.07 Å². The number of imide groups is 1. The molecule has 31 heavy (non-hydrogen) atoms. The quantitative estimate of drug-likeness (QED) is 0.346. The van der Waals surface area contributed by atoms with Gasteiger partial charge in [-0.25, -0.2) is 9.78 Å². The third kappa shape index (κ3) is 3.88. The van der Waals surface area contributed by atoms with Crippen molar-refractivity contribution in [1.29, 1.82) is 0 Å². The van der Waals surface area contributed by atoms with E-state index in [0.717, 1.165) is 16.5 Å². The second-order valence-electron chi connectivity index (χ2n) is 7.23. The molecular formula is C22H18BrN3O5. The van der Waals surface area contributed by atoms with Gasteiger partial charge >= 0.3 is 5.97 Å². The number of fused-ring (bicyclic) bond motifs is 1. The van der Waals surface area contributed by atoms with Crippen LogP contribution in [0.25, 0.3) is 10.9 Å². The van der Waals surface area contributed by atoms with Crippen molar-refractivity contribution < 1.29 is 19.1 Å². The first kappa shape index (κ1) is 20.9. The molecule has 2 heterocycles. The van der Waals surface area contributed by atoms with Crippen molar-refractivity contribution in [2.24, 2.45) is 0 Å². The molecule has 1 aromatic heterocycles. The van der Waals surface area contributed by atoms with Crippen molar-refractivity contribution in [1.82, 2.24) is 14.9 Å². The van der Waals surface area contributed by atoms with Crippen molar-refractivity contribution in [2.45, 2.75) is 31.4 Å². The van der Waals surface area contributed by atoms with Gasteiger partial charge in [0.15, 0.2) is 0 Å². The van der Waals surface area contributed by atoms with E-state index in [1.165, 1.54) is 0 Å². The number of nitrogens with zero attached hydrogens (tertiary/aromatic N) is 2. The Hall–Kier alpha value is -3.33.